The number of halogens is 2. The zero-order valence-corrected chi connectivity index (χ0v) is 22.7. The van der Waals surface area contributed by atoms with Crippen LogP contribution in [-0.2, 0) is 23.8 Å². The third-order valence-electron chi connectivity index (χ3n) is 7.10. The van der Waals surface area contributed by atoms with Crippen LogP contribution in [0.2, 0.25) is 0 Å². The van der Waals surface area contributed by atoms with Crippen molar-refractivity contribution in [3.63, 3.8) is 0 Å². The molecule has 2 aromatic carbocycles. The number of amides is 1. The summed E-state index contributed by atoms with van der Waals surface area (Å²) in [7, 11) is -3.70. The van der Waals surface area contributed by atoms with Gasteiger partial charge < -0.3 is 14.8 Å². The van der Waals surface area contributed by atoms with Crippen LogP contribution in [0.5, 0.6) is 0 Å². The molecule has 1 fully saturated rings. The van der Waals surface area contributed by atoms with E-state index in [1.807, 2.05) is 41.8 Å². The lowest BCUT2D eigenvalue weighted by molar-refractivity contribution is 0.0949. The summed E-state index contributed by atoms with van der Waals surface area (Å²) in [5.41, 5.74) is 3.45. The van der Waals surface area contributed by atoms with Gasteiger partial charge in [0, 0.05) is 36.9 Å². The second-order valence-corrected chi connectivity index (χ2v) is 12.1. The van der Waals surface area contributed by atoms with Gasteiger partial charge in [0.1, 0.15) is 0 Å². The summed E-state index contributed by atoms with van der Waals surface area (Å²) >= 11 is 0. The number of rotatable bonds is 12. The predicted octanol–water partition coefficient (Wildman–Crippen LogP) is 6.48. The number of carbonyl (C=O) groups excluding carboxylic acids is 1. The van der Waals surface area contributed by atoms with Crippen LogP contribution in [-0.4, -0.2) is 21.9 Å². The molecule has 4 rings (SSSR count). The van der Waals surface area contributed by atoms with E-state index in [0.29, 0.717) is 29.9 Å². The molecule has 0 bridgehead atoms. The SMILES string of the molecule is CCCCNP(=O)(O)Cc1cc(C(=O)NCc2ccc(F)c(F)c2)c(C2CCCC2)n1Cc1ccccc1. The zero-order valence-electron chi connectivity index (χ0n) is 21.8. The summed E-state index contributed by atoms with van der Waals surface area (Å²) in [6.07, 6.45) is 5.60. The van der Waals surface area contributed by atoms with Gasteiger partial charge in [-0.05, 0) is 48.6 Å². The first-order chi connectivity index (χ1) is 18.3. The average Bonchev–Trinajstić information content (AvgIpc) is 3.53. The number of aromatic nitrogens is 1. The van der Waals surface area contributed by atoms with E-state index in [9.17, 15) is 23.0 Å². The molecule has 1 aliphatic rings. The molecule has 6 nitrogen and oxygen atoms in total. The van der Waals surface area contributed by atoms with E-state index in [0.717, 1.165) is 61.9 Å². The molecule has 3 N–H and O–H groups in total. The number of benzene rings is 2. The van der Waals surface area contributed by atoms with Crippen LogP contribution < -0.4 is 10.4 Å². The Balaban J connectivity index is 1.69. The quantitative estimate of drug-likeness (QED) is 0.180. The Labute approximate surface area is 223 Å². The van der Waals surface area contributed by atoms with Crippen molar-refractivity contribution in [2.24, 2.45) is 0 Å². The van der Waals surface area contributed by atoms with Crippen molar-refractivity contribution < 1.29 is 23.0 Å². The fourth-order valence-corrected chi connectivity index (χ4v) is 6.48. The molecule has 1 atom stereocenters. The summed E-state index contributed by atoms with van der Waals surface area (Å²) in [6.45, 7) is 2.98. The molecule has 0 aliphatic heterocycles. The summed E-state index contributed by atoms with van der Waals surface area (Å²) in [6, 6.07) is 15.1. The Morgan fingerprint density at radius 1 is 1.05 bits per heavy atom. The molecule has 1 aromatic heterocycles. The van der Waals surface area contributed by atoms with E-state index in [-0.39, 0.29) is 24.5 Å². The first kappa shape index (κ1) is 28.2. The Kier molecular flexibility index (Phi) is 9.53. The van der Waals surface area contributed by atoms with Crippen molar-refractivity contribution in [3.05, 3.63) is 94.3 Å². The van der Waals surface area contributed by atoms with Gasteiger partial charge in [0.2, 0.25) is 0 Å². The molecule has 0 spiro atoms. The molecular weight excluding hydrogens is 507 g/mol. The highest BCUT2D eigenvalue weighted by Gasteiger charge is 2.31. The van der Waals surface area contributed by atoms with Crippen molar-refractivity contribution in [1.29, 1.82) is 0 Å². The Morgan fingerprint density at radius 3 is 2.47 bits per heavy atom. The van der Waals surface area contributed by atoms with Gasteiger partial charge >= 0.3 is 0 Å². The summed E-state index contributed by atoms with van der Waals surface area (Å²) in [5, 5.41) is 5.66. The van der Waals surface area contributed by atoms with Gasteiger partial charge in [-0.2, -0.15) is 0 Å². The van der Waals surface area contributed by atoms with Crippen molar-refractivity contribution in [2.45, 2.75) is 70.6 Å². The van der Waals surface area contributed by atoms with E-state index in [4.69, 9.17) is 0 Å². The maximum absolute atomic E-state index is 13.7. The van der Waals surface area contributed by atoms with Crippen molar-refractivity contribution >= 4 is 13.4 Å². The summed E-state index contributed by atoms with van der Waals surface area (Å²) < 4.78 is 42.2. The fourth-order valence-electron chi connectivity index (χ4n) is 5.16. The van der Waals surface area contributed by atoms with Crippen LogP contribution in [0.4, 0.5) is 8.78 Å². The van der Waals surface area contributed by atoms with E-state index < -0.39 is 19.2 Å². The number of hydrogen-bond donors (Lipinski definition) is 3. The maximum Gasteiger partial charge on any atom is 0.273 e. The van der Waals surface area contributed by atoms with Crippen molar-refractivity contribution in [2.75, 3.05) is 6.54 Å². The third kappa shape index (κ3) is 7.19. The molecule has 38 heavy (non-hydrogen) atoms. The number of nitrogens with zero attached hydrogens (tertiary/aromatic N) is 1. The molecule has 1 heterocycles. The van der Waals surface area contributed by atoms with Crippen molar-refractivity contribution in [1.82, 2.24) is 15.0 Å². The Morgan fingerprint density at radius 2 is 1.79 bits per heavy atom. The molecule has 1 aliphatic carbocycles. The largest absolute Gasteiger partial charge is 0.348 e. The average molecular weight is 544 g/mol. The highest BCUT2D eigenvalue weighted by atomic mass is 31.2. The minimum Gasteiger partial charge on any atom is -0.348 e. The Bertz CT molecular complexity index is 1290. The first-order valence-electron chi connectivity index (χ1n) is 13.3. The molecule has 0 saturated heterocycles. The van der Waals surface area contributed by atoms with Crippen LogP contribution in [0.25, 0.3) is 0 Å². The maximum atomic E-state index is 13.7. The topological polar surface area (TPSA) is 83.4 Å². The lowest BCUT2D eigenvalue weighted by Gasteiger charge is -2.20. The first-order valence-corrected chi connectivity index (χ1v) is 15.2. The van der Waals surface area contributed by atoms with Gasteiger partial charge in [-0.1, -0.05) is 62.6 Å². The molecular formula is C29H36F2N3O3P. The van der Waals surface area contributed by atoms with Crippen LogP contribution in [0.3, 0.4) is 0 Å². The molecule has 1 unspecified atom stereocenters. The van der Waals surface area contributed by atoms with E-state index >= 15 is 0 Å². The zero-order chi connectivity index (χ0) is 27.1. The number of nitrogens with one attached hydrogen (secondary N) is 2. The molecule has 204 valence electrons. The minimum absolute atomic E-state index is 0.0381. The number of carbonyl (C=O) groups is 1. The molecule has 9 heteroatoms. The molecule has 0 radical (unpaired) electrons. The van der Waals surface area contributed by atoms with Crippen molar-refractivity contribution in [3.8, 4) is 0 Å². The van der Waals surface area contributed by atoms with Crippen LogP contribution in [0.15, 0.2) is 54.6 Å². The second-order valence-electron chi connectivity index (χ2n) is 10.0. The lowest BCUT2D eigenvalue weighted by atomic mass is 9.99. The minimum atomic E-state index is -3.70. The summed E-state index contributed by atoms with van der Waals surface area (Å²) in [4.78, 5) is 24.3. The number of unbranched alkanes of at least 4 members (excludes halogenated alkanes) is 1. The van der Waals surface area contributed by atoms with Gasteiger partial charge in [-0.3, -0.25) is 9.36 Å². The normalized spacial score (nSPS) is 15.5. The number of hydrogen-bond acceptors (Lipinski definition) is 2. The molecule has 1 amide bonds. The van der Waals surface area contributed by atoms with E-state index in [2.05, 4.69) is 10.4 Å². The highest BCUT2D eigenvalue weighted by molar-refractivity contribution is 7.55. The van der Waals surface area contributed by atoms with Gasteiger partial charge in [0.05, 0.1) is 11.7 Å². The van der Waals surface area contributed by atoms with Gasteiger partial charge in [0.15, 0.2) is 11.6 Å². The van der Waals surface area contributed by atoms with Crippen LogP contribution in [0.1, 0.15) is 84.2 Å². The molecule has 1 saturated carbocycles. The van der Waals surface area contributed by atoms with E-state index in [1.54, 1.807) is 6.07 Å². The van der Waals surface area contributed by atoms with E-state index in [1.165, 1.54) is 6.07 Å². The van der Waals surface area contributed by atoms with Crippen LogP contribution >= 0.6 is 7.52 Å². The monoisotopic (exact) mass is 543 g/mol. The second kappa shape index (κ2) is 12.8. The van der Waals surface area contributed by atoms with Gasteiger partial charge in [0.25, 0.3) is 13.4 Å². The summed E-state index contributed by atoms with van der Waals surface area (Å²) in [5.74, 6) is -2.08. The van der Waals surface area contributed by atoms with Gasteiger partial charge in [-0.15, -0.1) is 0 Å². The smallest absolute Gasteiger partial charge is 0.273 e. The fraction of sp³-hybridized carbons (Fsp3) is 0.414. The lowest BCUT2D eigenvalue weighted by Crippen LogP contribution is -2.24. The predicted molar refractivity (Wildman–Crippen MR) is 145 cm³/mol. The Hall–Kier alpha value is -2.80. The van der Waals surface area contributed by atoms with Crippen LogP contribution in [0, 0.1) is 11.6 Å². The van der Waals surface area contributed by atoms with Gasteiger partial charge in [-0.25, -0.2) is 13.9 Å². The standard InChI is InChI=1S/C29H36F2N3O3P/c1-2-3-15-33-38(36,37)20-24-17-25(29(35)32-18-22-13-14-26(30)27(31)16-22)28(23-11-7-8-12-23)34(24)19-21-9-5-4-6-10-21/h4-6,9-10,13-14,16-17,23H,2-3,7-8,11-12,15,18-20H2,1H3,(H,32,35)(H2,33,36,37). The third-order valence-corrected chi connectivity index (χ3v) is 8.57. The highest BCUT2D eigenvalue weighted by Crippen LogP contribution is 2.43. The molecule has 3 aromatic rings.